The van der Waals surface area contributed by atoms with Crippen LogP contribution in [-0.2, 0) is 14.3 Å². The van der Waals surface area contributed by atoms with E-state index < -0.39 is 35.4 Å². The Morgan fingerprint density at radius 2 is 1.28 bits per heavy atom. The number of benzene rings is 1. The summed E-state index contributed by atoms with van der Waals surface area (Å²) in [7, 11) is 1.40. The Kier molecular flexibility index (Phi) is 13.2. The summed E-state index contributed by atoms with van der Waals surface area (Å²) in [5.74, 6) is -0.535. The van der Waals surface area contributed by atoms with Gasteiger partial charge in [0.25, 0.3) is 5.91 Å². The fraction of sp³-hybridized carbons (Fsp3) is 0.615. The second-order valence-corrected chi connectivity index (χ2v) is 9.36. The lowest BCUT2D eigenvalue weighted by Gasteiger charge is -2.31. The van der Waals surface area contributed by atoms with Crippen LogP contribution in [0.4, 0.5) is 9.59 Å². The molecule has 204 valence electrons. The number of hydrogen-bond donors (Lipinski definition) is 0. The van der Waals surface area contributed by atoms with Crippen molar-refractivity contribution in [1.82, 2.24) is 15.1 Å². The molecule has 0 aromatic heterocycles. The summed E-state index contributed by atoms with van der Waals surface area (Å²) in [6, 6.07) is 6.33. The number of hydrogen-bond acceptors (Lipinski definition) is 7. The molecule has 1 aliphatic heterocycles. The van der Waals surface area contributed by atoms with Gasteiger partial charge in [-0.1, -0.05) is 45.9 Å². The van der Waals surface area contributed by atoms with E-state index in [9.17, 15) is 19.2 Å². The van der Waals surface area contributed by atoms with E-state index >= 15 is 0 Å². The van der Waals surface area contributed by atoms with Crippen LogP contribution in [0.2, 0.25) is 0 Å². The Morgan fingerprint density at radius 1 is 0.861 bits per heavy atom. The van der Waals surface area contributed by atoms with Crippen LogP contribution in [0.3, 0.4) is 0 Å². The van der Waals surface area contributed by atoms with Crippen molar-refractivity contribution < 1.29 is 33.5 Å². The van der Waals surface area contributed by atoms with Crippen molar-refractivity contribution in [3.05, 3.63) is 35.4 Å². The summed E-state index contributed by atoms with van der Waals surface area (Å²) in [6.07, 6.45) is -1.62. The van der Waals surface area contributed by atoms with Crippen LogP contribution < -0.4 is 0 Å². The molecular formula is C26H43N3O7. The van der Waals surface area contributed by atoms with E-state index in [0.717, 1.165) is 15.1 Å². The second kappa shape index (κ2) is 14.4. The fourth-order valence-corrected chi connectivity index (χ4v) is 2.92. The Labute approximate surface area is 215 Å². The van der Waals surface area contributed by atoms with E-state index in [4.69, 9.17) is 14.3 Å². The third-order valence-corrected chi connectivity index (χ3v) is 4.16. The quantitative estimate of drug-likeness (QED) is 0.399. The van der Waals surface area contributed by atoms with Gasteiger partial charge in [0.05, 0.1) is 18.7 Å². The maximum absolute atomic E-state index is 12.7. The maximum atomic E-state index is 12.7. The Hall–Kier alpha value is -3.14. The van der Waals surface area contributed by atoms with Crippen LogP contribution in [0.1, 0.15) is 90.0 Å². The predicted molar refractivity (Wildman–Crippen MR) is 137 cm³/mol. The first kappa shape index (κ1) is 32.9. The smallest absolute Gasteiger partial charge is 0.429 e. The summed E-state index contributed by atoms with van der Waals surface area (Å²) >= 11 is 0. The van der Waals surface area contributed by atoms with Crippen LogP contribution in [0.15, 0.2) is 24.3 Å². The normalized spacial score (nSPS) is 13.5. The van der Waals surface area contributed by atoms with Crippen molar-refractivity contribution in [3.8, 4) is 0 Å². The van der Waals surface area contributed by atoms with Gasteiger partial charge in [-0.2, -0.15) is 0 Å². The molecule has 10 nitrogen and oxygen atoms in total. The van der Waals surface area contributed by atoms with Gasteiger partial charge in [-0.3, -0.25) is 14.4 Å². The average Bonchev–Trinajstić information content (AvgIpc) is 3.23. The van der Waals surface area contributed by atoms with E-state index in [1.54, 1.807) is 53.7 Å². The number of carbonyl (C=O) groups excluding carboxylic acids is 4. The average molecular weight is 510 g/mol. The van der Waals surface area contributed by atoms with Gasteiger partial charge >= 0.3 is 12.2 Å². The van der Waals surface area contributed by atoms with E-state index in [-0.39, 0.29) is 24.2 Å². The molecule has 2 rings (SSSR count). The fourth-order valence-electron chi connectivity index (χ4n) is 2.92. The number of amides is 3. The molecule has 0 atom stereocenters. The molecule has 10 heteroatoms. The zero-order valence-corrected chi connectivity index (χ0v) is 23.6. The summed E-state index contributed by atoms with van der Waals surface area (Å²) in [5, 5.41) is 3.18. The molecule has 0 unspecified atom stereocenters. The summed E-state index contributed by atoms with van der Waals surface area (Å²) in [6.45, 7) is 18.2. The van der Waals surface area contributed by atoms with Crippen molar-refractivity contribution in [2.24, 2.45) is 0 Å². The highest BCUT2D eigenvalue weighted by Gasteiger charge is 2.42. The molecular weight excluding hydrogens is 466 g/mol. The lowest BCUT2D eigenvalue weighted by Crippen LogP contribution is -2.48. The third kappa shape index (κ3) is 10.2. The van der Waals surface area contributed by atoms with Crippen molar-refractivity contribution in [2.75, 3.05) is 20.1 Å². The maximum Gasteiger partial charge on any atom is 0.429 e. The highest BCUT2D eigenvalue weighted by atomic mass is 16.7. The number of hydrazine groups is 1. The van der Waals surface area contributed by atoms with Crippen molar-refractivity contribution in [2.45, 2.75) is 86.5 Å². The molecule has 0 N–H and O–H groups in total. The third-order valence-electron chi connectivity index (χ3n) is 4.16. The number of hydroxylamine groups is 2. The summed E-state index contributed by atoms with van der Waals surface area (Å²) in [4.78, 5) is 55.1. The number of aldehydes is 1. The molecule has 1 aromatic rings. The summed E-state index contributed by atoms with van der Waals surface area (Å²) < 4.78 is 10.8. The van der Waals surface area contributed by atoms with Crippen LogP contribution in [0, 0.1) is 0 Å². The zero-order valence-electron chi connectivity index (χ0n) is 23.6. The molecule has 1 aromatic carbocycles. The highest BCUT2D eigenvalue weighted by molar-refractivity contribution is 6.00. The van der Waals surface area contributed by atoms with Crippen LogP contribution in [-0.4, -0.2) is 76.9 Å². The number of carbonyl (C=O) groups is 4. The SMILES string of the molecule is CC.CC.CN(OC1CN(C(=O)OC(C)(C)C)N(C(=O)OC(C)(C)C)C1)C(=O)c1ccccc1C=O. The molecule has 36 heavy (non-hydrogen) atoms. The first-order valence-corrected chi connectivity index (χ1v) is 12.2. The van der Waals surface area contributed by atoms with E-state index in [0.29, 0.717) is 6.29 Å². The van der Waals surface area contributed by atoms with Gasteiger partial charge in [-0.05, 0) is 47.6 Å². The predicted octanol–water partition coefficient (Wildman–Crippen LogP) is 5.33. The number of ether oxygens (including phenoxy) is 2. The molecule has 0 radical (unpaired) electrons. The van der Waals surface area contributed by atoms with E-state index in [1.165, 1.54) is 19.2 Å². The Bertz CT molecular complexity index is 839. The van der Waals surface area contributed by atoms with Crippen LogP contribution in [0.5, 0.6) is 0 Å². The number of nitrogens with zero attached hydrogens (tertiary/aromatic N) is 3. The summed E-state index contributed by atoms with van der Waals surface area (Å²) in [5.41, 5.74) is -1.15. The van der Waals surface area contributed by atoms with Crippen molar-refractivity contribution in [3.63, 3.8) is 0 Å². The molecule has 1 fully saturated rings. The van der Waals surface area contributed by atoms with Gasteiger partial charge in [0.1, 0.15) is 17.3 Å². The minimum absolute atomic E-state index is 0.0406. The molecule has 1 heterocycles. The molecule has 1 aliphatic rings. The van der Waals surface area contributed by atoms with E-state index in [2.05, 4.69) is 0 Å². The van der Waals surface area contributed by atoms with Crippen LogP contribution in [0.25, 0.3) is 0 Å². The van der Waals surface area contributed by atoms with Crippen molar-refractivity contribution in [1.29, 1.82) is 0 Å². The topological polar surface area (TPSA) is 106 Å². The Balaban J connectivity index is 0.00000291. The highest BCUT2D eigenvalue weighted by Crippen LogP contribution is 2.22. The van der Waals surface area contributed by atoms with Crippen LogP contribution >= 0.6 is 0 Å². The van der Waals surface area contributed by atoms with Gasteiger partial charge in [0.2, 0.25) is 0 Å². The zero-order chi connectivity index (χ0) is 28.3. The van der Waals surface area contributed by atoms with Gasteiger partial charge in [0, 0.05) is 12.6 Å². The molecule has 0 aliphatic carbocycles. The van der Waals surface area contributed by atoms with Gasteiger partial charge in [-0.25, -0.2) is 24.7 Å². The first-order valence-electron chi connectivity index (χ1n) is 12.2. The van der Waals surface area contributed by atoms with Gasteiger partial charge in [0.15, 0.2) is 6.29 Å². The molecule has 0 bridgehead atoms. The van der Waals surface area contributed by atoms with Gasteiger partial charge < -0.3 is 9.47 Å². The standard InChI is InChI=1S/C22H31N3O7.2C2H6/c1-21(2,3)30-19(28)24-12-16(13-25(24)20(29)31-22(4,5)6)32-23(7)18(27)17-11-9-8-10-15(17)14-26;2*1-2/h8-11,14,16H,12-13H2,1-7H3;2*1-2H3. The molecule has 3 amide bonds. The monoisotopic (exact) mass is 509 g/mol. The minimum atomic E-state index is -0.777. The molecule has 0 saturated carbocycles. The number of rotatable bonds is 4. The molecule has 0 spiro atoms. The molecule has 1 saturated heterocycles. The Morgan fingerprint density at radius 3 is 1.67 bits per heavy atom. The van der Waals surface area contributed by atoms with Gasteiger partial charge in [-0.15, -0.1) is 0 Å². The minimum Gasteiger partial charge on any atom is -0.442 e. The second-order valence-electron chi connectivity index (χ2n) is 9.36. The first-order chi connectivity index (χ1) is 16.7. The lowest BCUT2D eigenvalue weighted by molar-refractivity contribution is -0.140. The van der Waals surface area contributed by atoms with E-state index in [1.807, 2.05) is 27.7 Å². The van der Waals surface area contributed by atoms with Crippen molar-refractivity contribution >= 4 is 24.4 Å². The largest absolute Gasteiger partial charge is 0.442 e. The lowest BCUT2D eigenvalue weighted by atomic mass is 10.1.